The van der Waals surface area contributed by atoms with Crippen molar-refractivity contribution in [3.63, 3.8) is 0 Å². The van der Waals surface area contributed by atoms with E-state index < -0.39 is 5.91 Å². The summed E-state index contributed by atoms with van der Waals surface area (Å²) < 4.78 is 6.82. The van der Waals surface area contributed by atoms with Gasteiger partial charge in [-0.3, -0.25) is 4.79 Å². The van der Waals surface area contributed by atoms with E-state index in [9.17, 15) is 9.90 Å². The highest BCUT2D eigenvalue weighted by Gasteiger charge is 2.18. The van der Waals surface area contributed by atoms with Gasteiger partial charge in [0.25, 0.3) is 5.91 Å². The Morgan fingerprint density at radius 2 is 2.32 bits per heavy atom. The second-order valence-electron chi connectivity index (χ2n) is 4.73. The lowest BCUT2D eigenvalue weighted by Gasteiger charge is -2.15. The van der Waals surface area contributed by atoms with Gasteiger partial charge in [0.2, 0.25) is 0 Å². The third-order valence-corrected chi connectivity index (χ3v) is 3.36. The van der Waals surface area contributed by atoms with Crippen molar-refractivity contribution in [1.29, 1.82) is 0 Å². The van der Waals surface area contributed by atoms with Crippen molar-refractivity contribution in [2.75, 3.05) is 13.7 Å². The molecule has 8 heteroatoms. The van der Waals surface area contributed by atoms with E-state index in [4.69, 9.17) is 16.3 Å². The monoisotopic (exact) mass is 324 g/mol. The fourth-order valence-electron chi connectivity index (χ4n) is 1.99. The predicted octanol–water partition coefficient (Wildman–Crippen LogP) is 1.77. The van der Waals surface area contributed by atoms with Crippen molar-refractivity contribution < 1.29 is 14.6 Å². The molecule has 118 valence electrons. The van der Waals surface area contributed by atoms with Crippen LogP contribution in [0.5, 0.6) is 5.75 Å². The van der Waals surface area contributed by atoms with Crippen LogP contribution in [-0.4, -0.2) is 39.5 Å². The van der Waals surface area contributed by atoms with Gasteiger partial charge in [-0.15, -0.1) is 10.2 Å². The molecule has 1 aromatic carbocycles. The third-order valence-electron chi connectivity index (χ3n) is 3.12. The molecule has 0 fully saturated rings. The lowest BCUT2D eigenvalue weighted by Crippen LogP contribution is -2.29. The van der Waals surface area contributed by atoms with Crippen molar-refractivity contribution >= 4 is 17.5 Å². The van der Waals surface area contributed by atoms with Gasteiger partial charge in [-0.2, -0.15) is 0 Å². The van der Waals surface area contributed by atoms with Gasteiger partial charge in [0.15, 0.2) is 5.82 Å². The number of aromatic hydroxyl groups is 1. The quantitative estimate of drug-likeness (QED) is 0.845. The highest BCUT2D eigenvalue weighted by molar-refractivity contribution is 6.31. The molecule has 0 aliphatic carbocycles. The molecule has 22 heavy (non-hydrogen) atoms. The summed E-state index contributed by atoms with van der Waals surface area (Å²) in [4.78, 5) is 12.2. The van der Waals surface area contributed by atoms with Crippen molar-refractivity contribution in [2.24, 2.45) is 0 Å². The molecular weight excluding hydrogens is 308 g/mol. The number of carbonyl (C=O) groups excluding carboxylic acids is 1. The van der Waals surface area contributed by atoms with Gasteiger partial charge in [0.1, 0.15) is 12.1 Å². The summed E-state index contributed by atoms with van der Waals surface area (Å²) in [5.41, 5.74) is 0.113. The van der Waals surface area contributed by atoms with Crippen molar-refractivity contribution in [1.82, 2.24) is 20.1 Å². The number of ether oxygens (including phenoxy) is 1. The summed E-state index contributed by atoms with van der Waals surface area (Å²) in [6, 6.07) is 3.92. The van der Waals surface area contributed by atoms with E-state index in [1.54, 1.807) is 24.9 Å². The highest BCUT2D eigenvalue weighted by Crippen LogP contribution is 2.22. The third kappa shape index (κ3) is 3.75. The number of rotatable bonds is 6. The van der Waals surface area contributed by atoms with Gasteiger partial charge in [-0.05, 0) is 25.1 Å². The molecule has 1 heterocycles. The van der Waals surface area contributed by atoms with Crippen LogP contribution in [0.4, 0.5) is 0 Å². The van der Waals surface area contributed by atoms with Crippen molar-refractivity contribution in [3.05, 3.63) is 40.9 Å². The number of methoxy groups -OCH3 is 1. The molecule has 0 aliphatic rings. The molecule has 0 radical (unpaired) electrons. The Morgan fingerprint density at radius 1 is 1.55 bits per heavy atom. The number of aromatic nitrogens is 3. The zero-order valence-electron chi connectivity index (χ0n) is 12.3. The average Bonchev–Trinajstić information content (AvgIpc) is 2.96. The van der Waals surface area contributed by atoms with Gasteiger partial charge < -0.3 is 19.7 Å². The van der Waals surface area contributed by atoms with Gasteiger partial charge in [0.05, 0.1) is 18.2 Å². The number of phenolic OH excluding ortho intramolecular Hbond substituents is 1. The van der Waals surface area contributed by atoms with E-state index in [2.05, 4.69) is 15.5 Å². The van der Waals surface area contributed by atoms with Crippen LogP contribution in [0.15, 0.2) is 24.5 Å². The number of amides is 1. The standard InChI is InChI=1S/C14H17ClN4O3/c1-9(13-18-16-8-19(13)5-6-22-2)17-14(21)11-7-10(15)3-4-12(11)20/h3-4,7-9,20H,5-6H2,1-2H3,(H,17,21)/t9-/m0/s1. The number of halogens is 1. The second-order valence-corrected chi connectivity index (χ2v) is 5.17. The first-order valence-corrected chi connectivity index (χ1v) is 7.06. The largest absolute Gasteiger partial charge is 0.507 e. The summed E-state index contributed by atoms with van der Waals surface area (Å²) >= 11 is 5.85. The average molecular weight is 325 g/mol. The van der Waals surface area contributed by atoms with E-state index in [1.165, 1.54) is 18.2 Å². The number of hydrogen-bond acceptors (Lipinski definition) is 5. The summed E-state index contributed by atoms with van der Waals surface area (Å²) in [6.45, 7) is 2.88. The smallest absolute Gasteiger partial charge is 0.255 e. The molecule has 0 bridgehead atoms. The molecule has 7 nitrogen and oxygen atoms in total. The summed E-state index contributed by atoms with van der Waals surface area (Å²) in [7, 11) is 1.61. The van der Waals surface area contributed by atoms with E-state index in [0.29, 0.717) is 24.0 Å². The molecule has 2 N–H and O–H groups in total. The summed E-state index contributed by atoms with van der Waals surface area (Å²) in [6.07, 6.45) is 1.58. The Bertz CT molecular complexity index is 659. The van der Waals surface area contributed by atoms with E-state index >= 15 is 0 Å². The van der Waals surface area contributed by atoms with Crippen LogP contribution in [0.3, 0.4) is 0 Å². The minimum Gasteiger partial charge on any atom is -0.507 e. The Morgan fingerprint density at radius 3 is 3.05 bits per heavy atom. The Kier molecular flexibility index (Phi) is 5.35. The Hall–Kier alpha value is -2.12. The SMILES string of the molecule is COCCn1cnnc1[C@H](C)NC(=O)c1cc(Cl)ccc1O. The van der Waals surface area contributed by atoms with Crippen LogP contribution in [0.1, 0.15) is 29.1 Å². The number of carbonyl (C=O) groups is 1. The lowest BCUT2D eigenvalue weighted by atomic mass is 10.1. The first kappa shape index (κ1) is 16.3. The van der Waals surface area contributed by atoms with Crippen LogP contribution >= 0.6 is 11.6 Å². The maximum absolute atomic E-state index is 12.2. The maximum atomic E-state index is 12.2. The molecule has 2 rings (SSSR count). The van der Waals surface area contributed by atoms with Gasteiger partial charge >= 0.3 is 0 Å². The van der Waals surface area contributed by atoms with Gasteiger partial charge in [-0.25, -0.2) is 0 Å². The molecule has 0 saturated carbocycles. The Balaban J connectivity index is 2.11. The van der Waals surface area contributed by atoms with E-state index in [-0.39, 0.29) is 17.4 Å². The first-order chi connectivity index (χ1) is 10.5. The maximum Gasteiger partial charge on any atom is 0.255 e. The molecule has 1 amide bonds. The number of hydrogen-bond donors (Lipinski definition) is 2. The highest BCUT2D eigenvalue weighted by atomic mass is 35.5. The Labute approximate surface area is 132 Å². The lowest BCUT2D eigenvalue weighted by molar-refractivity contribution is 0.0934. The van der Waals surface area contributed by atoms with E-state index in [1.807, 2.05) is 0 Å². The second kappa shape index (κ2) is 7.24. The fraction of sp³-hybridized carbons (Fsp3) is 0.357. The van der Waals surface area contributed by atoms with Gasteiger partial charge in [0, 0.05) is 18.7 Å². The van der Waals surface area contributed by atoms with Crippen LogP contribution in [0, 0.1) is 0 Å². The topological polar surface area (TPSA) is 89.3 Å². The predicted molar refractivity (Wildman–Crippen MR) is 80.9 cm³/mol. The van der Waals surface area contributed by atoms with Crippen molar-refractivity contribution in [2.45, 2.75) is 19.5 Å². The van der Waals surface area contributed by atoms with Crippen LogP contribution in [-0.2, 0) is 11.3 Å². The molecular formula is C14H17ClN4O3. The number of benzene rings is 1. The molecule has 1 aromatic heterocycles. The van der Waals surface area contributed by atoms with Crippen LogP contribution in [0.2, 0.25) is 5.02 Å². The number of nitrogens with zero attached hydrogens (tertiary/aromatic N) is 3. The molecule has 0 saturated heterocycles. The summed E-state index contributed by atoms with van der Waals surface area (Å²) in [5, 5.41) is 20.7. The number of phenols is 1. The molecule has 2 aromatic rings. The van der Waals surface area contributed by atoms with Crippen molar-refractivity contribution in [3.8, 4) is 5.75 Å². The first-order valence-electron chi connectivity index (χ1n) is 6.69. The molecule has 0 aliphatic heterocycles. The minimum absolute atomic E-state index is 0.113. The minimum atomic E-state index is -0.436. The van der Waals surface area contributed by atoms with Gasteiger partial charge in [-0.1, -0.05) is 11.6 Å². The molecule has 1 atom stereocenters. The zero-order valence-corrected chi connectivity index (χ0v) is 13.0. The normalized spacial score (nSPS) is 12.1. The fourth-order valence-corrected chi connectivity index (χ4v) is 2.16. The van der Waals surface area contributed by atoms with Crippen LogP contribution in [0.25, 0.3) is 0 Å². The zero-order chi connectivity index (χ0) is 16.1. The van der Waals surface area contributed by atoms with E-state index in [0.717, 1.165) is 0 Å². The summed E-state index contributed by atoms with van der Waals surface area (Å²) in [5.74, 6) is 0.0376. The number of nitrogens with one attached hydrogen (secondary N) is 1. The molecule has 0 unspecified atom stereocenters. The van der Waals surface area contributed by atoms with Crippen LogP contribution < -0.4 is 5.32 Å². The molecule has 0 spiro atoms.